The van der Waals surface area contributed by atoms with Crippen molar-refractivity contribution in [2.45, 2.75) is 72.6 Å². The van der Waals surface area contributed by atoms with Crippen LogP contribution in [0.15, 0.2) is 93.8 Å². The van der Waals surface area contributed by atoms with Gasteiger partial charge in [0.2, 0.25) is 11.8 Å². The quantitative estimate of drug-likeness (QED) is 0.183. The molecule has 0 radical (unpaired) electrons. The Morgan fingerprint density at radius 2 is 0.977 bits per heavy atom. The van der Waals surface area contributed by atoms with E-state index < -0.39 is 0 Å². The van der Waals surface area contributed by atoms with Crippen LogP contribution >= 0.6 is 0 Å². The van der Waals surface area contributed by atoms with Gasteiger partial charge in [-0.15, -0.1) is 0 Å². The predicted molar refractivity (Wildman–Crippen MR) is 184 cm³/mol. The maximum Gasteiger partial charge on any atom is 0.227 e. The minimum atomic E-state index is 0.0562. The molecule has 0 aliphatic heterocycles. The number of aromatic nitrogens is 2. The highest BCUT2D eigenvalue weighted by molar-refractivity contribution is 5.79. The number of fused-ring (bicyclic) bond motifs is 2. The smallest absolute Gasteiger partial charge is 0.227 e. The summed E-state index contributed by atoms with van der Waals surface area (Å²) in [5.74, 6) is 1.28. The first-order valence-electron chi connectivity index (χ1n) is 15.4. The van der Waals surface area contributed by atoms with Crippen molar-refractivity contribution < 1.29 is 8.83 Å². The van der Waals surface area contributed by atoms with Gasteiger partial charge >= 0.3 is 0 Å². The van der Waals surface area contributed by atoms with E-state index in [2.05, 4.69) is 146 Å². The van der Waals surface area contributed by atoms with Crippen LogP contribution in [0.5, 0.6) is 0 Å². The van der Waals surface area contributed by atoms with Crippen LogP contribution in [0.1, 0.15) is 84.1 Å². The number of benzene rings is 4. The van der Waals surface area contributed by atoms with Crippen LogP contribution in [-0.2, 0) is 10.8 Å². The van der Waals surface area contributed by atoms with Crippen LogP contribution in [0.25, 0.3) is 57.3 Å². The van der Waals surface area contributed by atoms with Gasteiger partial charge in [0.05, 0.1) is 0 Å². The average molecular weight is 583 g/mol. The summed E-state index contributed by atoms with van der Waals surface area (Å²) in [4.78, 5) is 9.60. The number of nitrogens with zero attached hydrogens (tertiary/aromatic N) is 2. The minimum Gasteiger partial charge on any atom is -0.436 e. The Bertz CT molecular complexity index is 1960. The second-order valence-corrected chi connectivity index (χ2v) is 14.9. The lowest BCUT2D eigenvalue weighted by Gasteiger charge is -2.32. The van der Waals surface area contributed by atoms with Crippen LogP contribution in [0, 0.1) is 5.41 Å². The molecular formula is C40H42N2O2. The van der Waals surface area contributed by atoms with Crippen molar-refractivity contribution in [2.75, 3.05) is 0 Å². The second kappa shape index (κ2) is 10.9. The molecule has 4 aromatic carbocycles. The Hall–Kier alpha value is -4.44. The largest absolute Gasteiger partial charge is 0.436 e. The summed E-state index contributed by atoms with van der Waals surface area (Å²) in [6, 6.07) is 29.3. The molecule has 4 nitrogen and oxygen atoms in total. The fraction of sp³-hybridized carbons (Fsp3) is 0.300. The van der Waals surface area contributed by atoms with Crippen molar-refractivity contribution in [3.05, 3.63) is 107 Å². The Balaban J connectivity index is 1.15. The van der Waals surface area contributed by atoms with E-state index in [1.165, 1.54) is 11.1 Å². The number of hydrogen-bond acceptors (Lipinski definition) is 4. The molecule has 0 N–H and O–H groups in total. The highest BCUT2D eigenvalue weighted by atomic mass is 16.4. The molecule has 0 saturated carbocycles. The molecule has 4 heteroatoms. The van der Waals surface area contributed by atoms with Gasteiger partial charge in [0.15, 0.2) is 11.2 Å². The van der Waals surface area contributed by atoms with E-state index in [1.54, 1.807) is 0 Å². The standard InChI is InChI=1S/C40H42N2O2/c1-38(2,3)25-40(7,8)31-20-22-35-33(24-31)42-37(44-35)29-17-13-27(14-18-29)10-9-26-11-15-28(16-12-26)36-41-32-23-30(39(4,5)6)19-21-34(32)43-36/h9-24H,25H2,1-8H3/b10-9+. The Morgan fingerprint density at radius 1 is 0.545 bits per heavy atom. The first-order valence-corrected chi connectivity index (χ1v) is 15.4. The molecule has 0 saturated heterocycles. The highest BCUT2D eigenvalue weighted by Gasteiger charge is 2.28. The monoisotopic (exact) mass is 582 g/mol. The normalized spacial score (nSPS) is 13.0. The van der Waals surface area contributed by atoms with Gasteiger partial charge in [-0.25, -0.2) is 9.97 Å². The zero-order valence-electron chi connectivity index (χ0n) is 27.2. The van der Waals surface area contributed by atoms with Crippen molar-refractivity contribution in [1.82, 2.24) is 9.97 Å². The lowest BCUT2D eigenvalue weighted by atomic mass is 9.72. The van der Waals surface area contributed by atoms with E-state index in [1.807, 2.05) is 6.07 Å². The Kier molecular flexibility index (Phi) is 7.36. The van der Waals surface area contributed by atoms with E-state index in [0.717, 1.165) is 50.9 Å². The van der Waals surface area contributed by atoms with Crippen molar-refractivity contribution in [2.24, 2.45) is 5.41 Å². The molecule has 44 heavy (non-hydrogen) atoms. The van der Waals surface area contributed by atoms with Gasteiger partial charge in [0.25, 0.3) is 0 Å². The third kappa shape index (κ3) is 6.40. The van der Waals surface area contributed by atoms with E-state index in [4.69, 9.17) is 18.8 Å². The molecule has 0 unspecified atom stereocenters. The first kappa shape index (κ1) is 29.6. The summed E-state index contributed by atoms with van der Waals surface area (Å²) in [6.45, 7) is 18.1. The van der Waals surface area contributed by atoms with E-state index in [0.29, 0.717) is 11.8 Å². The summed E-state index contributed by atoms with van der Waals surface area (Å²) >= 11 is 0. The predicted octanol–water partition coefficient (Wildman–Crippen LogP) is 11.5. The van der Waals surface area contributed by atoms with Crippen molar-refractivity contribution in [3.63, 3.8) is 0 Å². The summed E-state index contributed by atoms with van der Waals surface area (Å²) in [5, 5.41) is 0. The van der Waals surface area contributed by atoms with Crippen LogP contribution in [0.3, 0.4) is 0 Å². The zero-order chi connectivity index (χ0) is 31.3. The summed E-state index contributed by atoms with van der Waals surface area (Å²) in [7, 11) is 0. The molecule has 0 spiro atoms. The number of oxazole rings is 2. The van der Waals surface area contributed by atoms with E-state index >= 15 is 0 Å². The molecule has 6 aromatic rings. The topological polar surface area (TPSA) is 52.1 Å². The van der Waals surface area contributed by atoms with E-state index in [9.17, 15) is 0 Å². The number of rotatable bonds is 6. The molecule has 0 atom stereocenters. The Morgan fingerprint density at radius 3 is 1.41 bits per heavy atom. The fourth-order valence-electron chi connectivity index (χ4n) is 6.08. The third-order valence-electron chi connectivity index (χ3n) is 8.18. The minimum absolute atomic E-state index is 0.0562. The van der Waals surface area contributed by atoms with Crippen LogP contribution in [0.2, 0.25) is 0 Å². The van der Waals surface area contributed by atoms with Crippen molar-refractivity contribution in [1.29, 1.82) is 0 Å². The van der Waals surface area contributed by atoms with Gasteiger partial charge in [-0.2, -0.15) is 0 Å². The zero-order valence-corrected chi connectivity index (χ0v) is 27.2. The van der Waals surface area contributed by atoms with Crippen LogP contribution in [-0.4, -0.2) is 9.97 Å². The molecule has 0 fully saturated rings. The molecule has 2 aromatic heterocycles. The summed E-state index contributed by atoms with van der Waals surface area (Å²) in [5.41, 5.74) is 10.5. The maximum atomic E-state index is 6.14. The molecule has 2 heterocycles. The summed E-state index contributed by atoms with van der Waals surface area (Å²) in [6.07, 6.45) is 5.31. The molecule has 0 bridgehead atoms. The molecule has 0 aliphatic rings. The van der Waals surface area contributed by atoms with Gasteiger partial charge < -0.3 is 8.83 Å². The van der Waals surface area contributed by atoms with Crippen LogP contribution in [0.4, 0.5) is 0 Å². The van der Waals surface area contributed by atoms with E-state index in [-0.39, 0.29) is 16.2 Å². The highest BCUT2D eigenvalue weighted by Crippen LogP contribution is 2.38. The van der Waals surface area contributed by atoms with Gasteiger partial charge in [-0.3, -0.25) is 0 Å². The Labute approximate surface area is 260 Å². The maximum absolute atomic E-state index is 6.14. The second-order valence-electron chi connectivity index (χ2n) is 14.9. The lowest BCUT2D eigenvalue weighted by Crippen LogP contribution is -2.24. The number of hydrogen-bond donors (Lipinski definition) is 0. The van der Waals surface area contributed by atoms with Crippen molar-refractivity contribution >= 4 is 34.4 Å². The SMILES string of the molecule is CC(C)(C)CC(C)(C)c1ccc2oc(-c3ccc(/C=C/c4ccc(-c5nc6cc(C(C)(C)C)ccc6o5)cc4)cc3)nc2c1. The average Bonchev–Trinajstić information content (AvgIpc) is 3.59. The molecule has 0 aliphatic carbocycles. The third-order valence-corrected chi connectivity index (χ3v) is 8.18. The molecule has 224 valence electrons. The molecule has 6 rings (SSSR count). The van der Waals surface area contributed by atoms with Gasteiger partial charge in [-0.1, -0.05) is 104 Å². The van der Waals surface area contributed by atoms with Gasteiger partial charge in [0.1, 0.15) is 11.0 Å². The molecular weight excluding hydrogens is 540 g/mol. The summed E-state index contributed by atoms with van der Waals surface area (Å²) < 4.78 is 12.2. The van der Waals surface area contributed by atoms with Crippen molar-refractivity contribution in [3.8, 4) is 22.9 Å². The lowest BCUT2D eigenvalue weighted by molar-refractivity contribution is 0.284. The van der Waals surface area contributed by atoms with Crippen LogP contribution < -0.4 is 0 Å². The van der Waals surface area contributed by atoms with Gasteiger partial charge in [0, 0.05) is 11.1 Å². The fourth-order valence-corrected chi connectivity index (χ4v) is 6.08. The molecule has 0 amide bonds. The van der Waals surface area contributed by atoms with Gasteiger partial charge in [-0.05, 0) is 93.5 Å². The first-order chi connectivity index (χ1) is 20.7.